The minimum atomic E-state index is -2.02. The molecule has 13 nitrogen and oxygen atoms in total. The van der Waals surface area contributed by atoms with Crippen LogP contribution in [0, 0.1) is 0 Å². The van der Waals surface area contributed by atoms with Crippen LogP contribution in [0.3, 0.4) is 0 Å². The second kappa shape index (κ2) is 27.4. The van der Waals surface area contributed by atoms with Crippen LogP contribution in [-0.4, -0.2) is 82.2 Å². The first-order chi connectivity index (χ1) is 37.7. The average molecular weight is 1320 g/mol. The quantitative estimate of drug-likeness (QED) is 0.0667. The molecule has 0 radical (unpaired) electrons. The summed E-state index contributed by atoms with van der Waals surface area (Å²) in [6, 6.07) is 35.2. The van der Waals surface area contributed by atoms with Gasteiger partial charge in [0.15, 0.2) is 40.4 Å². The fourth-order valence-corrected chi connectivity index (χ4v) is 8.12. The smallest absolute Gasteiger partial charge is 0.338 e. The first-order valence-corrected chi connectivity index (χ1v) is 27.9. The maximum atomic E-state index is 13.5. The van der Waals surface area contributed by atoms with Crippen LogP contribution < -0.4 is 25.7 Å². The molecule has 0 bridgehead atoms. The van der Waals surface area contributed by atoms with Gasteiger partial charge in [0.1, 0.15) is 13.2 Å². The summed E-state index contributed by atoms with van der Waals surface area (Å²) in [7, 11) is 3.77. The SMILES string of the molecule is CN(CCOC(=O)c1ccc(-c2nc(C(Cl)(Cl)Cl)nc(C(Cl)(Cl)Cl)n2)cc1)c1ccc(C=CC=c2ccccc(=CC=Cc3ccc(N(C)CCOC(=O)c4ccc(-c5nc(C(Cl)(Cl)Cl)nc(C(Cl)(Cl)Cl)n5)cc4)cc3)c2=O)cc1. The Hall–Kier alpha value is -4.97. The van der Waals surface area contributed by atoms with Crippen LogP contribution >= 0.6 is 139 Å². The Balaban J connectivity index is 0.873. The Morgan fingerprint density at radius 1 is 0.450 bits per heavy atom. The van der Waals surface area contributed by atoms with Crippen molar-refractivity contribution in [3.8, 4) is 22.8 Å². The highest BCUT2D eigenvalue weighted by molar-refractivity contribution is 6.68. The molecule has 0 amide bonds. The van der Waals surface area contributed by atoms with Crippen molar-refractivity contribution in [2.75, 3.05) is 50.2 Å². The number of allylic oxidation sites excluding steroid dienone is 2. The highest BCUT2D eigenvalue weighted by atomic mass is 35.6. The average Bonchev–Trinajstić information content (AvgIpc) is 3.59. The number of anilines is 2. The Morgan fingerprint density at radius 3 is 1.06 bits per heavy atom. The van der Waals surface area contributed by atoms with Gasteiger partial charge in [0, 0.05) is 47.0 Å². The molecule has 0 spiro atoms. The minimum absolute atomic E-state index is 0.0662. The summed E-state index contributed by atoms with van der Waals surface area (Å²) in [4.78, 5) is 67.9. The molecule has 2 aromatic heterocycles. The van der Waals surface area contributed by atoms with Crippen LogP contribution in [0.25, 0.3) is 47.1 Å². The molecule has 0 atom stereocenters. The fourth-order valence-electron chi connectivity index (χ4n) is 7.11. The van der Waals surface area contributed by atoms with Gasteiger partial charge in [0.05, 0.1) is 24.2 Å². The number of carbonyl (C=O) groups is 2. The third-order valence-corrected chi connectivity index (χ3v) is 13.4. The summed E-state index contributed by atoms with van der Waals surface area (Å²) in [5.41, 5.74) is 4.97. The second-order valence-corrected chi connectivity index (χ2v) is 26.2. The molecule has 80 heavy (non-hydrogen) atoms. The number of halogens is 12. The largest absolute Gasteiger partial charge is 0.460 e. The number of carbonyl (C=O) groups excluding carboxylic acids is 2. The van der Waals surface area contributed by atoms with Crippen LogP contribution in [0.15, 0.2) is 138 Å². The van der Waals surface area contributed by atoms with E-state index in [1.165, 1.54) is 24.3 Å². The van der Waals surface area contributed by atoms with Gasteiger partial charge in [-0.1, -0.05) is 248 Å². The van der Waals surface area contributed by atoms with Crippen molar-refractivity contribution in [2.24, 2.45) is 0 Å². The monoisotopic (exact) mass is 1310 g/mol. The summed E-state index contributed by atoms with van der Waals surface area (Å²) >= 11 is 71.9. The van der Waals surface area contributed by atoms with Gasteiger partial charge in [-0.05, 0) is 59.7 Å². The van der Waals surface area contributed by atoms with E-state index >= 15 is 0 Å². The number of benzene rings is 4. The Labute approximate surface area is 519 Å². The van der Waals surface area contributed by atoms with E-state index in [4.69, 9.17) is 149 Å². The number of hydrogen-bond donors (Lipinski definition) is 0. The predicted molar refractivity (Wildman–Crippen MR) is 326 cm³/mol. The van der Waals surface area contributed by atoms with Gasteiger partial charge in [-0.2, -0.15) is 0 Å². The van der Waals surface area contributed by atoms with E-state index in [0.29, 0.717) is 34.7 Å². The van der Waals surface area contributed by atoms with Crippen molar-refractivity contribution >= 4 is 187 Å². The number of nitrogens with zero attached hydrogens (tertiary/aromatic N) is 8. The Bertz CT molecular complexity index is 3300. The van der Waals surface area contributed by atoms with E-state index in [0.717, 1.165) is 22.5 Å². The molecule has 0 aliphatic heterocycles. The number of ether oxygens (including phenoxy) is 2. The molecule has 7 aromatic rings. The molecule has 0 aliphatic carbocycles. The summed E-state index contributed by atoms with van der Waals surface area (Å²) in [6.45, 7) is 1.06. The molecular formula is C55H40Cl12N8O5. The normalized spacial score (nSPS) is 12.8. The number of likely N-dealkylation sites (N-methyl/N-ethyl adjacent to an activating group) is 2. The van der Waals surface area contributed by atoms with Crippen LogP contribution in [0.5, 0.6) is 0 Å². The number of esters is 2. The van der Waals surface area contributed by atoms with E-state index in [2.05, 4.69) is 29.9 Å². The summed E-state index contributed by atoms with van der Waals surface area (Å²) in [6.07, 6.45) is 11.0. The molecule has 414 valence electrons. The van der Waals surface area contributed by atoms with E-state index < -0.39 is 27.1 Å². The highest BCUT2D eigenvalue weighted by Gasteiger charge is 2.35. The zero-order chi connectivity index (χ0) is 58.0. The van der Waals surface area contributed by atoms with Crippen molar-refractivity contribution < 1.29 is 19.1 Å². The standard InChI is InChI=1S/C55H40Cl12N8O5/c1-74(29-31-79-46(77)39-21-17-37(18-22-39)44-68-48(52(56,57)58)72-49(69-44)53(59,60)61)41-25-13-33(14-26-41)7-5-11-35-9-3-4-10-36(43(35)76)12-6-8-34-15-27-42(28-16-34)75(2)30-32-80-47(78)40-23-19-38(20-24-40)45-70-50(54(62,63)64)73-51(71-45)55(65,66)67/h3-28H,29-32H2,1-2H3. The van der Waals surface area contributed by atoms with Crippen molar-refractivity contribution in [3.05, 3.63) is 200 Å². The minimum Gasteiger partial charge on any atom is -0.460 e. The van der Waals surface area contributed by atoms with Crippen molar-refractivity contribution in [1.82, 2.24) is 29.9 Å². The summed E-state index contributed by atoms with van der Waals surface area (Å²) < 4.78 is 3.01. The lowest BCUT2D eigenvalue weighted by molar-refractivity contribution is 0.0506. The maximum absolute atomic E-state index is 13.5. The molecule has 0 unspecified atom stereocenters. The molecule has 0 fully saturated rings. The van der Waals surface area contributed by atoms with Gasteiger partial charge in [-0.25, -0.2) is 39.5 Å². The van der Waals surface area contributed by atoms with Crippen molar-refractivity contribution in [1.29, 1.82) is 0 Å². The van der Waals surface area contributed by atoms with Crippen LogP contribution in [0.2, 0.25) is 0 Å². The molecule has 5 aromatic carbocycles. The third-order valence-electron chi connectivity index (χ3n) is 11.3. The van der Waals surface area contributed by atoms with Gasteiger partial charge in [0.25, 0.3) is 0 Å². The molecule has 7 rings (SSSR count). The van der Waals surface area contributed by atoms with Gasteiger partial charge in [-0.15, -0.1) is 0 Å². The molecule has 0 saturated heterocycles. The first kappa shape index (κ1) is 62.6. The Kier molecular flexibility index (Phi) is 21.5. The topological polar surface area (TPSA) is 153 Å². The van der Waals surface area contributed by atoms with Crippen molar-refractivity contribution in [3.63, 3.8) is 0 Å². The highest BCUT2D eigenvalue weighted by Crippen LogP contribution is 2.42. The van der Waals surface area contributed by atoms with E-state index in [-0.39, 0.29) is 64.7 Å². The molecule has 2 heterocycles. The number of hydrogen-bond acceptors (Lipinski definition) is 13. The van der Waals surface area contributed by atoms with Gasteiger partial charge >= 0.3 is 11.9 Å². The first-order valence-electron chi connectivity index (χ1n) is 23.4. The van der Waals surface area contributed by atoms with Crippen LogP contribution in [0.4, 0.5) is 11.4 Å². The molecular weight excluding hydrogens is 1280 g/mol. The lowest BCUT2D eigenvalue weighted by Gasteiger charge is -2.19. The number of alkyl halides is 12. The summed E-state index contributed by atoms with van der Waals surface area (Å²) in [5, 5.41) is 1.04. The second-order valence-electron chi connectivity index (χ2n) is 17.1. The van der Waals surface area contributed by atoms with E-state index in [1.54, 1.807) is 48.6 Å². The van der Waals surface area contributed by atoms with Crippen LogP contribution in [0.1, 0.15) is 55.1 Å². The predicted octanol–water partition coefficient (Wildman–Crippen LogP) is 13.6. The van der Waals surface area contributed by atoms with E-state index in [1.807, 2.05) is 109 Å². The lowest BCUT2D eigenvalue weighted by atomic mass is 10.1. The van der Waals surface area contributed by atoms with E-state index in [9.17, 15) is 14.4 Å². The zero-order valence-corrected chi connectivity index (χ0v) is 50.6. The maximum Gasteiger partial charge on any atom is 0.338 e. The van der Waals surface area contributed by atoms with Gasteiger partial charge in [0.2, 0.25) is 15.2 Å². The summed E-state index contributed by atoms with van der Waals surface area (Å²) in [5.74, 6) is -1.90. The zero-order valence-electron chi connectivity index (χ0n) is 41.5. The molecule has 25 heteroatoms. The molecule has 0 aliphatic rings. The van der Waals surface area contributed by atoms with Crippen LogP contribution in [-0.2, 0) is 24.6 Å². The fraction of sp³-hybridized carbons (Fsp3) is 0.182. The molecule has 0 N–H and O–H groups in total. The third kappa shape index (κ3) is 17.8. The molecule has 0 saturated carbocycles. The number of aromatic nitrogens is 6. The lowest BCUT2D eigenvalue weighted by Crippen LogP contribution is -2.34. The van der Waals surface area contributed by atoms with Gasteiger partial charge in [-0.3, -0.25) is 4.79 Å². The van der Waals surface area contributed by atoms with Gasteiger partial charge < -0.3 is 19.3 Å². The van der Waals surface area contributed by atoms with Crippen molar-refractivity contribution in [2.45, 2.75) is 15.2 Å². The number of rotatable bonds is 16. The Morgan fingerprint density at radius 2 is 0.762 bits per heavy atom.